The molecule has 5 aromatic rings. The molecule has 35 heavy (non-hydrogen) atoms. The number of nitrogens with one attached hydrogen (secondary N) is 1. The number of halogens is 1. The molecule has 3 aromatic heterocycles. The molecule has 0 radical (unpaired) electrons. The van der Waals surface area contributed by atoms with E-state index in [9.17, 15) is 4.79 Å². The van der Waals surface area contributed by atoms with Crippen LogP contribution in [0.5, 0.6) is 0 Å². The number of hydrogen-bond donors (Lipinski definition) is 1. The Hall–Kier alpha value is -3.81. The number of amides is 1. The average molecular weight is 504 g/mol. The first kappa shape index (κ1) is 23.0. The number of nitrogens with zero attached hydrogens (tertiary/aromatic N) is 2. The van der Waals surface area contributed by atoms with Crippen LogP contribution in [0.2, 0.25) is 5.02 Å². The second kappa shape index (κ2) is 10.2. The van der Waals surface area contributed by atoms with Gasteiger partial charge in [-0.2, -0.15) is 0 Å². The van der Waals surface area contributed by atoms with Crippen molar-refractivity contribution in [1.82, 2.24) is 10.3 Å². The Morgan fingerprint density at radius 3 is 2.63 bits per heavy atom. The van der Waals surface area contributed by atoms with Crippen molar-refractivity contribution >= 4 is 39.7 Å². The zero-order valence-corrected chi connectivity index (χ0v) is 20.5. The maximum Gasteiger partial charge on any atom is 0.287 e. The molecule has 0 saturated carbocycles. The molecule has 8 heteroatoms. The summed E-state index contributed by atoms with van der Waals surface area (Å²) in [6.07, 6.45) is 1.57. The van der Waals surface area contributed by atoms with Gasteiger partial charge in [0.25, 0.3) is 5.91 Å². The van der Waals surface area contributed by atoms with Crippen LogP contribution in [0, 0.1) is 6.92 Å². The molecular weight excluding hydrogens is 482 g/mol. The van der Waals surface area contributed by atoms with Gasteiger partial charge in [0.1, 0.15) is 11.5 Å². The number of aromatic nitrogens is 1. The predicted octanol–water partition coefficient (Wildman–Crippen LogP) is 7.23. The van der Waals surface area contributed by atoms with Crippen LogP contribution in [0.4, 0.5) is 10.8 Å². The number of para-hydroxylation sites is 1. The van der Waals surface area contributed by atoms with Crippen LogP contribution in [0.1, 0.15) is 27.6 Å². The molecule has 0 aliphatic heterocycles. The Morgan fingerprint density at radius 1 is 1.03 bits per heavy atom. The van der Waals surface area contributed by atoms with E-state index < -0.39 is 0 Å². The summed E-state index contributed by atoms with van der Waals surface area (Å²) in [4.78, 5) is 19.4. The van der Waals surface area contributed by atoms with Gasteiger partial charge in [-0.25, -0.2) is 4.98 Å². The van der Waals surface area contributed by atoms with E-state index in [4.69, 9.17) is 25.4 Å². The van der Waals surface area contributed by atoms with E-state index in [0.29, 0.717) is 23.1 Å². The van der Waals surface area contributed by atoms with Crippen LogP contribution in [-0.2, 0) is 13.1 Å². The first-order valence-electron chi connectivity index (χ1n) is 11.0. The fraction of sp³-hybridized carbons (Fsp3) is 0.111. The van der Waals surface area contributed by atoms with Gasteiger partial charge in [-0.3, -0.25) is 4.79 Å². The number of hydrogen-bond acceptors (Lipinski definition) is 6. The Labute approximate surface area is 211 Å². The van der Waals surface area contributed by atoms with E-state index in [1.165, 1.54) is 16.9 Å². The molecule has 3 heterocycles. The number of anilines is 2. The molecule has 0 atom stereocenters. The molecule has 0 fully saturated rings. The lowest BCUT2D eigenvalue weighted by atomic mass is 10.1. The first-order valence-corrected chi connectivity index (χ1v) is 12.3. The zero-order chi connectivity index (χ0) is 24.2. The molecule has 5 rings (SSSR count). The van der Waals surface area contributed by atoms with Gasteiger partial charge in [0.2, 0.25) is 0 Å². The molecule has 0 bridgehead atoms. The molecule has 0 aliphatic carbocycles. The lowest BCUT2D eigenvalue weighted by molar-refractivity contribution is 0.0918. The minimum atomic E-state index is -0.312. The van der Waals surface area contributed by atoms with Crippen LogP contribution >= 0.6 is 22.9 Å². The van der Waals surface area contributed by atoms with Gasteiger partial charge in [-0.15, -0.1) is 11.3 Å². The van der Waals surface area contributed by atoms with Gasteiger partial charge in [0.15, 0.2) is 10.9 Å². The van der Waals surface area contributed by atoms with Crippen LogP contribution in [-0.4, -0.2) is 10.9 Å². The Balaban J connectivity index is 1.39. The zero-order valence-electron chi connectivity index (χ0n) is 18.9. The van der Waals surface area contributed by atoms with Gasteiger partial charge in [0.05, 0.1) is 35.8 Å². The standard InChI is InChI=1S/C27H22ClN3O3S/c1-18-8-10-19(11-9-18)23-17-35-27(30-23)31(24-7-3-2-6-22(24)28)16-21-12-13-25(34-21)26(32)29-15-20-5-4-14-33-20/h2-14,17H,15-16H2,1H3,(H,29,32). The molecule has 0 aliphatic rings. The highest BCUT2D eigenvalue weighted by Gasteiger charge is 2.20. The van der Waals surface area contributed by atoms with Gasteiger partial charge in [0, 0.05) is 10.9 Å². The van der Waals surface area contributed by atoms with Crippen molar-refractivity contribution in [2.75, 3.05) is 4.90 Å². The molecule has 1 amide bonds. The number of furan rings is 2. The monoisotopic (exact) mass is 503 g/mol. The molecule has 1 N–H and O–H groups in total. The summed E-state index contributed by atoms with van der Waals surface area (Å²) in [5.41, 5.74) is 3.94. The van der Waals surface area contributed by atoms with Gasteiger partial charge in [-0.05, 0) is 43.3 Å². The van der Waals surface area contributed by atoms with Crippen molar-refractivity contribution in [3.8, 4) is 11.3 Å². The lowest BCUT2D eigenvalue weighted by Crippen LogP contribution is -2.22. The third-order valence-corrected chi connectivity index (χ3v) is 6.60. The average Bonchev–Trinajstić information content (AvgIpc) is 3.64. The molecular formula is C27H22ClN3O3S. The lowest BCUT2D eigenvalue weighted by Gasteiger charge is -2.22. The largest absolute Gasteiger partial charge is 0.467 e. The van der Waals surface area contributed by atoms with Crippen molar-refractivity contribution < 1.29 is 13.6 Å². The summed E-state index contributed by atoms with van der Waals surface area (Å²) >= 11 is 8.08. The fourth-order valence-corrected chi connectivity index (χ4v) is 4.66. The normalized spacial score (nSPS) is 10.9. The minimum absolute atomic E-state index is 0.227. The highest BCUT2D eigenvalue weighted by atomic mass is 35.5. The number of carbonyl (C=O) groups excluding carboxylic acids is 1. The second-order valence-electron chi connectivity index (χ2n) is 7.95. The number of rotatable bonds is 8. The molecule has 176 valence electrons. The highest BCUT2D eigenvalue weighted by Crippen LogP contribution is 2.37. The molecule has 0 saturated heterocycles. The number of aryl methyl sites for hydroxylation is 1. The number of thiazole rings is 1. The Kier molecular flexibility index (Phi) is 6.70. The van der Waals surface area contributed by atoms with E-state index >= 15 is 0 Å². The summed E-state index contributed by atoms with van der Waals surface area (Å²) in [7, 11) is 0. The van der Waals surface area contributed by atoms with Crippen LogP contribution < -0.4 is 10.2 Å². The summed E-state index contributed by atoms with van der Waals surface area (Å²) < 4.78 is 11.1. The second-order valence-corrected chi connectivity index (χ2v) is 9.19. The maximum absolute atomic E-state index is 12.5. The topological polar surface area (TPSA) is 71.5 Å². The summed E-state index contributed by atoms with van der Waals surface area (Å²) in [6.45, 7) is 2.70. The van der Waals surface area contributed by atoms with Crippen molar-refractivity contribution in [1.29, 1.82) is 0 Å². The third kappa shape index (κ3) is 5.31. The SMILES string of the molecule is Cc1ccc(-c2csc(N(Cc3ccc(C(=O)NCc4ccco4)o3)c3ccccc3Cl)n2)cc1. The van der Waals surface area contributed by atoms with Crippen molar-refractivity contribution in [2.45, 2.75) is 20.0 Å². The molecule has 2 aromatic carbocycles. The summed E-state index contributed by atoms with van der Waals surface area (Å²) in [6, 6.07) is 22.9. The summed E-state index contributed by atoms with van der Waals surface area (Å²) in [5.74, 6) is 1.20. The predicted molar refractivity (Wildman–Crippen MR) is 138 cm³/mol. The number of benzene rings is 2. The Morgan fingerprint density at radius 2 is 1.86 bits per heavy atom. The van der Waals surface area contributed by atoms with E-state index in [2.05, 4.69) is 36.5 Å². The first-order chi connectivity index (χ1) is 17.1. The van der Waals surface area contributed by atoms with E-state index in [-0.39, 0.29) is 18.2 Å². The fourth-order valence-electron chi connectivity index (χ4n) is 3.58. The van der Waals surface area contributed by atoms with Gasteiger partial charge < -0.3 is 19.1 Å². The highest BCUT2D eigenvalue weighted by molar-refractivity contribution is 7.14. The quantitative estimate of drug-likeness (QED) is 0.242. The van der Waals surface area contributed by atoms with Crippen LogP contribution in [0.25, 0.3) is 11.3 Å². The van der Waals surface area contributed by atoms with E-state index in [1.807, 2.05) is 34.5 Å². The van der Waals surface area contributed by atoms with E-state index in [1.54, 1.807) is 30.5 Å². The molecule has 0 spiro atoms. The van der Waals surface area contributed by atoms with Crippen LogP contribution in [0.15, 0.2) is 93.3 Å². The van der Waals surface area contributed by atoms with Crippen molar-refractivity contribution in [3.05, 3.63) is 112 Å². The maximum atomic E-state index is 12.5. The summed E-state index contributed by atoms with van der Waals surface area (Å²) in [5, 5.41) is 6.19. The van der Waals surface area contributed by atoms with Gasteiger partial charge in [-0.1, -0.05) is 53.6 Å². The molecule has 0 unspecified atom stereocenters. The van der Waals surface area contributed by atoms with Gasteiger partial charge >= 0.3 is 0 Å². The van der Waals surface area contributed by atoms with Crippen molar-refractivity contribution in [3.63, 3.8) is 0 Å². The molecule has 6 nitrogen and oxygen atoms in total. The number of carbonyl (C=O) groups is 1. The third-order valence-electron chi connectivity index (χ3n) is 5.42. The van der Waals surface area contributed by atoms with Crippen molar-refractivity contribution in [2.24, 2.45) is 0 Å². The Bertz CT molecular complexity index is 1420. The van der Waals surface area contributed by atoms with Crippen LogP contribution in [0.3, 0.4) is 0 Å². The van der Waals surface area contributed by atoms with E-state index in [0.717, 1.165) is 22.1 Å². The minimum Gasteiger partial charge on any atom is -0.467 e. The smallest absolute Gasteiger partial charge is 0.287 e.